The Morgan fingerprint density at radius 1 is 1.25 bits per heavy atom. The zero-order valence-corrected chi connectivity index (χ0v) is 16.5. The van der Waals surface area contributed by atoms with Crippen LogP contribution < -0.4 is 5.32 Å². The summed E-state index contributed by atoms with van der Waals surface area (Å²) >= 11 is 0.960. The zero-order valence-electron chi connectivity index (χ0n) is 15.7. The summed E-state index contributed by atoms with van der Waals surface area (Å²) < 4.78 is 5.38. The van der Waals surface area contributed by atoms with Crippen molar-refractivity contribution in [2.75, 3.05) is 25.4 Å². The van der Waals surface area contributed by atoms with Gasteiger partial charge in [-0.05, 0) is 25.3 Å². The lowest BCUT2D eigenvalue weighted by molar-refractivity contribution is -0.131. The fraction of sp³-hybridized carbons (Fsp3) is 0.474. The molecule has 0 aromatic heterocycles. The molecule has 28 heavy (non-hydrogen) atoms. The number of likely N-dealkylation sites (tertiary alicyclic amines) is 1. The molecule has 9 heteroatoms. The van der Waals surface area contributed by atoms with E-state index >= 15 is 0 Å². The van der Waals surface area contributed by atoms with Gasteiger partial charge in [0.2, 0.25) is 11.8 Å². The molecule has 2 saturated heterocycles. The van der Waals surface area contributed by atoms with Crippen LogP contribution >= 0.6 is 11.8 Å². The lowest BCUT2D eigenvalue weighted by Gasteiger charge is -2.33. The molecule has 8 nitrogen and oxygen atoms in total. The SMILES string of the molecule is CC1(C(=O)NCCN2C(=O)CSC2=O)CCCN1C(=O)OCc1ccccc1. The largest absolute Gasteiger partial charge is 0.445 e. The van der Waals surface area contributed by atoms with Crippen LogP contribution in [0.5, 0.6) is 0 Å². The molecule has 2 fully saturated rings. The Bertz CT molecular complexity index is 756. The average Bonchev–Trinajstić information content (AvgIpc) is 3.24. The number of ether oxygens (including phenoxy) is 1. The van der Waals surface area contributed by atoms with E-state index in [1.807, 2.05) is 30.3 Å². The van der Waals surface area contributed by atoms with Gasteiger partial charge in [0, 0.05) is 19.6 Å². The number of rotatable bonds is 6. The molecule has 3 rings (SSSR count). The lowest BCUT2D eigenvalue weighted by Crippen LogP contribution is -2.56. The normalized spacial score (nSPS) is 21.9. The van der Waals surface area contributed by atoms with E-state index in [-0.39, 0.29) is 42.5 Å². The molecule has 4 amide bonds. The Balaban J connectivity index is 1.53. The lowest BCUT2D eigenvalue weighted by atomic mass is 9.98. The third-order valence-corrected chi connectivity index (χ3v) is 5.88. The van der Waals surface area contributed by atoms with Crippen LogP contribution in [0.4, 0.5) is 9.59 Å². The van der Waals surface area contributed by atoms with Crippen LogP contribution in [0.15, 0.2) is 30.3 Å². The first-order valence-corrected chi connectivity index (χ1v) is 10.1. The highest BCUT2D eigenvalue weighted by atomic mass is 32.2. The van der Waals surface area contributed by atoms with E-state index in [0.717, 1.165) is 22.2 Å². The number of hydrogen-bond acceptors (Lipinski definition) is 6. The van der Waals surface area contributed by atoms with Gasteiger partial charge in [-0.25, -0.2) is 4.79 Å². The predicted octanol–water partition coefficient (Wildman–Crippen LogP) is 1.99. The molecule has 1 unspecified atom stereocenters. The molecule has 0 radical (unpaired) electrons. The number of carbonyl (C=O) groups excluding carboxylic acids is 4. The Labute approximate surface area is 167 Å². The van der Waals surface area contributed by atoms with E-state index in [1.54, 1.807) is 6.92 Å². The highest BCUT2D eigenvalue weighted by Crippen LogP contribution is 2.30. The number of benzene rings is 1. The molecule has 1 aromatic carbocycles. The molecule has 2 heterocycles. The maximum atomic E-state index is 12.7. The van der Waals surface area contributed by atoms with Gasteiger partial charge in [-0.3, -0.25) is 24.2 Å². The van der Waals surface area contributed by atoms with E-state index in [2.05, 4.69) is 5.32 Å². The summed E-state index contributed by atoms with van der Waals surface area (Å²) in [6.45, 7) is 2.58. The summed E-state index contributed by atoms with van der Waals surface area (Å²) in [5, 5.41) is 2.45. The van der Waals surface area contributed by atoms with Gasteiger partial charge in [-0.2, -0.15) is 0 Å². The molecule has 0 saturated carbocycles. The van der Waals surface area contributed by atoms with E-state index in [1.165, 1.54) is 4.90 Å². The highest BCUT2D eigenvalue weighted by Gasteiger charge is 2.46. The quantitative estimate of drug-likeness (QED) is 0.778. The monoisotopic (exact) mass is 405 g/mol. The third-order valence-electron chi connectivity index (χ3n) is 5.02. The van der Waals surface area contributed by atoms with Gasteiger partial charge in [0.05, 0.1) is 5.75 Å². The van der Waals surface area contributed by atoms with Crippen LogP contribution in [0, 0.1) is 0 Å². The molecule has 2 aliphatic rings. The first-order chi connectivity index (χ1) is 13.4. The van der Waals surface area contributed by atoms with Crippen LogP contribution in [0.2, 0.25) is 0 Å². The topological polar surface area (TPSA) is 96.0 Å². The fourth-order valence-corrected chi connectivity index (χ4v) is 4.11. The van der Waals surface area contributed by atoms with Crippen molar-refractivity contribution in [1.82, 2.24) is 15.1 Å². The summed E-state index contributed by atoms with van der Waals surface area (Å²) in [6, 6.07) is 9.34. The van der Waals surface area contributed by atoms with Crippen molar-refractivity contribution in [2.45, 2.75) is 31.9 Å². The number of hydrogen-bond donors (Lipinski definition) is 1. The smallest absolute Gasteiger partial charge is 0.410 e. The minimum Gasteiger partial charge on any atom is -0.445 e. The molecular weight excluding hydrogens is 382 g/mol. The van der Waals surface area contributed by atoms with Crippen LogP contribution in [-0.4, -0.2) is 63.9 Å². The fourth-order valence-electron chi connectivity index (χ4n) is 3.36. The zero-order chi connectivity index (χ0) is 20.1. The maximum absolute atomic E-state index is 12.7. The third kappa shape index (κ3) is 4.30. The molecular formula is C19H23N3O5S. The Morgan fingerprint density at radius 3 is 2.68 bits per heavy atom. The molecule has 150 valence electrons. The second kappa shape index (κ2) is 8.64. The first-order valence-electron chi connectivity index (χ1n) is 9.15. The Morgan fingerprint density at radius 2 is 2.00 bits per heavy atom. The number of carbonyl (C=O) groups is 4. The van der Waals surface area contributed by atoms with Crippen molar-refractivity contribution in [1.29, 1.82) is 0 Å². The summed E-state index contributed by atoms with van der Waals surface area (Å²) in [5.41, 5.74) is -0.138. The number of thioether (sulfide) groups is 1. The van der Waals surface area contributed by atoms with E-state index in [0.29, 0.717) is 19.4 Å². The first kappa shape index (κ1) is 20.2. The van der Waals surface area contributed by atoms with Crippen LogP contribution in [-0.2, 0) is 20.9 Å². The van der Waals surface area contributed by atoms with Crippen LogP contribution in [0.25, 0.3) is 0 Å². The molecule has 1 atom stereocenters. The van der Waals surface area contributed by atoms with Gasteiger partial charge in [0.25, 0.3) is 5.24 Å². The van der Waals surface area contributed by atoms with Crippen molar-refractivity contribution in [2.24, 2.45) is 0 Å². The van der Waals surface area contributed by atoms with E-state index in [9.17, 15) is 19.2 Å². The molecule has 0 spiro atoms. The summed E-state index contributed by atoms with van der Waals surface area (Å²) in [6.07, 6.45) is 0.696. The molecule has 2 aliphatic heterocycles. The molecule has 1 N–H and O–H groups in total. The van der Waals surface area contributed by atoms with Gasteiger partial charge in [-0.15, -0.1) is 0 Å². The Hall–Kier alpha value is -2.55. The average molecular weight is 405 g/mol. The number of amides is 4. The summed E-state index contributed by atoms with van der Waals surface area (Å²) in [4.78, 5) is 51.1. The van der Waals surface area contributed by atoms with Gasteiger partial charge < -0.3 is 10.1 Å². The van der Waals surface area contributed by atoms with Crippen LogP contribution in [0.3, 0.4) is 0 Å². The van der Waals surface area contributed by atoms with Gasteiger partial charge in [0.15, 0.2) is 0 Å². The van der Waals surface area contributed by atoms with Crippen LogP contribution in [0.1, 0.15) is 25.3 Å². The van der Waals surface area contributed by atoms with Crippen molar-refractivity contribution in [3.63, 3.8) is 0 Å². The second-order valence-electron chi connectivity index (χ2n) is 6.93. The Kier molecular flexibility index (Phi) is 6.23. The molecule has 0 aliphatic carbocycles. The van der Waals surface area contributed by atoms with Gasteiger partial charge in [0.1, 0.15) is 12.1 Å². The van der Waals surface area contributed by atoms with Crippen molar-refractivity contribution < 1.29 is 23.9 Å². The van der Waals surface area contributed by atoms with E-state index < -0.39 is 11.6 Å². The standard InChI is InChI=1S/C19H23N3O5S/c1-19(16(24)20-9-11-21-15(23)13-28-18(21)26)8-5-10-22(19)17(25)27-12-14-6-3-2-4-7-14/h2-4,6-7H,5,8-13H2,1H3,(H,20,24). The van der Waals surface area contributed by atoms with E-state index in [4.69, 9.17) is 4.74 Å². The highest BCUT2D eigenvalue weighted by molar-refractivity contribution is 8.14. The maximum Gasteiger partial charge on any atom is 0.410 e. The van der Waals surface area contributed by atoms with Gasteiger partial charge >= 0.3 is 6.09 Å². The minimum atomic E-state index is -1.01. The number of nitrogens with zero attached hydrogens (tertiary/aromatic N) is 2. The van der Waals surface area contributed by atoms with Crippen molar-refractivity contribution in [3.8, 4) is 0 Å². The summed E-state index contributed by atoms with van der Waals surface area (Å²) in [5.74, 6) is -0.415. The minimum absolute atomic E-state index is 0.130. The van der Waals surface area contributed by atoms with Crippen molar-refractivity contribution in [3.05, 3.63) is 35.9 Å². The van der Waals surface area contributed by atoms with Crippen molar-refractivity contribution >= 4 is 34.9 Å². The molecule has 0 bridgehead atoms. The molecule has 1 aromatic rings. The number of imide groups is 1. The predicted molar refractivity (Wildman–Crippen MR) is 104 cm³/mol. The van der Waals surface area contributed by atoms with Gasteiger partial charge in [-0.1, -0.05) is 42.1 Å². The number of nitrogens with one attached hydrogen (secondary N) is 1. The summed E-state index contributed by atoms with van der Waals surface area (Å²) in [7, 11) is 0. The second-order valence-corrected chi connectivity index (χ2v) is 7.85.